The fourth-order valence-corrected chi connectivity index (χ4v) is 2.50. The maximum atomic E-state index is 3.79. The summed E-state index contributed by atoms with van der Waals surface area (Å²) < 4.78 is 0. The predicted molar refractivity (Wildman–Crippen MR) is 94.2 cm³/mol. The molecule has 0 aliphatic carbocycles. The summed E-state index contributed by atoms with van der Waals surface area (Å²) in [6.07, 6.45) is 11.6. The molecule has 0 radical (unpaired) electrons. The van der Waals surface area contributed by atoms with E-state index in [0.717, 1.165) is 13.2 Å². The van der Waals surface area contributed by atoms with Crippen LogP contribution in [0.25, 0.3) is 6.08 Å². The zero-order chi connectivity index (χ0) is 14.2. The number of unbranched alkanes of at least 4 members (excludes halogenated alkanes) is 3. The summed E-state index contributed by atoms with van der Waals surface area (Å²) in [5.41, 5.74) is 2.54. The molecular formula is C18H27ClN2. The van der Waals surface area contributed by atoms with Gasteiger partial charge in [-0.3, -0.25) is 0 Å². The van der Waals surface area contributed by atoms with Crippen molar-refractivity contribution in [2.75, 3.05) is 13.2 Å². The molecule has 1 heterocycles. The van der Waals surface area contributed by atoms with Crippen molar-refractivity contribution in [3.05, 3.63) is 54.4 Å². The molecule has 21 heavy (non-hydrogen) atoms. The maximum Gasteiger partial charge on any atom is 0.0897 e. The van der Waals surface area contributed by atoms with Crippen molar-refractivity contribution in [3.63, 3.8) is 0 Å². The van der Waals surface area contributed by atoms with E-state index in [-0.39, 0.29) is 12.4 Å². The Kier molecular flexibility index (Phi) is 7.99. The van der Waals surface area contributed by atoms with Gasteiger partial charge in [-0.05, 0) is 17.5 Å². The first kappa shape index (κ1) is 17.6. The molecule has 0 saturated carbocycles. The molecule has 0 aromatic heterocycles. The third-order valence-electron chi connectivity index (χ3n) is 3.75. The van der Waals surface area contributed by atoms with Gasteiger partial charge in [-0.25, -0.2) is 0 Å². The fourth-order valence-electron chi connectivity index (χ4n) is 2.50. The second-order valence-corrected chi connectivity index (χ2v) is 5.51. The smallest absolute Gasteiger partial charge is 0.0897 e. The van der Waals surface area contributed by atoms with E-state index >= 15 is 0 Å². The summed E-state index contributed by atoms with van der Waals surface area (Å²) >= 11 is 0. The first-order valence-electron chi connectivity index (χ1n) is 7.69. The summed E-state index contributed by atoms with van der Waals surface area (Å²) in [4.78, 5) is 4.77. The van der Waals surface area contributed by atoms with Crippen molar-refractivity contribution >= 4 is 18.5 Å². The van der Waals surface area contributed by atoms with E-state index < -0.39 is 0 Å². The van der Waals surface area contributed by atoms with E-state index in [1.807, 2.05) is 6.08 Å². The Labute approximate surface area is 135 Å². The van der Waals surface area contributed by atoms with E-state index in [1.165, 1.54) is 43.4 Å². The van der Waals surface area contributed by atoms with Gasteiger partial charge in [0.1, 0.15) is 0 Å². The van der Waals surface area contributed by atoms with E-state index in [9.17, 15) is 0 Å². The van der Waals surface area contributed by atoms with Crippen LogP contribution in [0.4, 0.5) is 0 Å². The third kappa shape index (κ3) is 5.84. The van der Waals surface area contributed by atoms with Crippen LogP contribution in [0.15, 0.2) is 43.2 Å². The van der Waals surface area contributed by atoms with Gasteiger partial charge in [0.2, 0.25) is 0 Å². The molecule has 0 N–H and O–H groups in total. The molecule has 116 valence electrons. The highest BCUT2D eigenvalue weighted by molar-refractivity contribution is 5.85. The molecule has 1 aliphatic rings. The largest absolute Gasteiger partial charge is 0.359 e. The normalized spacial score (nSPS) is 13.4. The molecule has 0 fully saturated rings. The van der Waals surface area contributed by atoms with Crippen LogP contribution in [-0.4, -0.2) is 23.0 Å². The van der Waals surface area contributed by atoms with E-state index in [2.05, 4.69) is 60.0 Å². The Morgan fingerprint density at radius 1 is 1.05 bits per heavy atom. The lowest BCUT2D eigenvalue weighted by molar-refractivity contribution is 0.256. The van der Waals surface area contributed by atoms with Crippen LogP contribution in [0.5, 0.6) is 0 Å². The Balaban J connectivity index is 0.00000220. The molecule has 0 spiro atoms. The maximum absolute atomic E-state index is 3.79. The summed E-state index contributed by atoms with van der Waals surface area (Å²) in [5.74, 6) is 0. The van der Waals surface area contributed by atoms with E-state index in [0.29, 0.717) is 0 Å². The van der Waals surface area contributed by atoms with Gasteiger partial charge in [0, 0.05) is 25.5 Å². The summed E-state index contributed by atoms with van der Waals surface area (Å²) in [6.45, 7) is 9.24. The minimum atomic E-state index is 0. The lowest BCUT2D eigenvalue weighted by Gasteiger charge is -2.21. The van der Waals surface area contributed by atoms with Crippen LogP contribution >= 0.6 is 12.4 Å². The first-order chi connectivity index (χ1) is 9.81. The second kappa shape index (κ2) is 9.51. The van der Waals surface area contributed by atoms with Gasteiger partial charge in [0.15, 0.2) is 0 Å². The molecule has 2 nitrogen and oxygen atoms in total. The number of rotatable bonds is 8. The monoisotopic (exact) mass is 306 g/mol. The zero-order valence-electron chi connectivity index (χ0n) is 13.0. The topological polar surface area (TPSA) is 6.48 Å². The Bertz CT molecular complexity index is 439. The second-order valence-electron chi connectivity index (χ2n) is 5.51. The fraction of sp³-hybridized carbons (Fsp3) is 0.444. The van der Waals surface area contributed by atoms with Crippen LogP contribution in [0.3, 0.4) is 0 Å². The van der Waals surface area contributed by atoms with Gasteiger partial charge in [-0.15, -0.1) is 12.4 Å². The Morgan fingerprint density at radius 3 is 2.43 bits per heavy atom. The standard InChI is InChI=1S/C18H26N2.ClH/c1-3-5-6-7-12-19-13-14-20(16-19)15-18-10-8-17(4-2)9-11-18;/h4,8-11,13-14H,2-3,5-7,12,15-16H2,1H3;1H. The molecule has 2 rings (SSSR count). The van der Waals surface area contributed by atoms with Gasteiger partial charge in [0.25, 0.3) is 0 Å². The Morgan fingerprint density at radius 2 is 1.76 bits per heavy atom. The first-order valence-corrected chi connectivity index (χ1v) is 7.69. The minimum absolute atomic E-state index is 0. The number of benzene rings is 1. The van der Waals surface area contributed by atoms with Crippen molar-refractivity contribution in [2.24, 2.45) is 0 Å². The molecule has 0 bridgehead atoms. The molecular weight excluding hydrogens is 280 g/mol. The Hall–Kier alpha value is -1.41. The summed E-state index contributed by atoms with van der Waals surface area (Å²) in [5, 5.41) is 0. The molecule has 1 aliphatic heterocycles. The van der Waals surface area contributed by atoms with Crippen molar-refractivity contribution in [2.45, 2.75) is 39.2 Å². The van der Waals surface area contributed by atoms with Gasteiger partial charge in [-0.1, -0.05) is 63.1 Å². The van der Waals surface area contributed by atoms with Crippen molar-refractivity contribution in [1.29, 1.82) is 0 Å². The highest BCUT2D eigenvalue weighted by Crippen LogP contribution is 2.14. The average Bonchev–Trinajstić information content (AvgIpc) is 2.92. The molecule has 0 atom stereocenters. The number of nitrogens with zero attached hydrogens (tertiary/aromatic N) is 2. The third-order valence-corrected chi connectivity index (χ3v) is 3.75. The number of halogens is 1. The van der Waals surface area contributed by atoms with E-state index in [1.54, 1.807) is 0 Å². The van der Waals surface area contributed by atoms with Crippen molar-refractivity contribution < 1.29 is 0 Å². The number of hydrogen-bond acceptors (Lipinski definition) is 2. The quantitative estimate of drug-likeness (QED) is 0.632. The lowest BCUT2D eigenvalue weighted by atomic mass is 10.1. The van der Waals surface area contributed by atoms with Crippen LogP contribution in [0.2, 0.25) is 0 Å². The SMILES string of the molecule is C=Cc1ccc(CN2C=CN(CCCCCC)C2)cc1.Cl. The molecule has 1 aromatic rings. The van der Waals surface area contributed by atoms with Gasteiger partial charge in [-0.2, -0.15) is 0 Å². The summed E-state index contributed by atoms with van der Waals surface area (Å²) in [6, 6.07) is 8.64. The molecule has 0 saturated heterocycles. The molecule has 3 heteroatoms. The molecule has 0 unspecified atom stereocenters. The lowest BCUT2D eigenvalue weighted by Crippen LogP contribution is -2.25. The van der Waals surface area contributed by atoms with E-state index in [4.69, 9.17) is 0 Å². The highest BCUT2D eigenvalue weighted by Gasteiger charge is 2.11. The zero-order valence-corrected chi connectivity index (χ0v) is 13.8. The summed E-state index contributed by atoms with van der Waals surface area (Å²) in [7, 11) is 0. The highest BCUT2D eigenvalue weighted by atomic mass is 35.5. The van der Waals surface area contributed by atoms with Crippen LogP contribution in [0, 0.1) is 0 Å². The van der Waals surface area contributed by atoms with Crippen molar-refractivity contribution in [3.8, 4) is 0 Å². The van der Waals surface area contributed by atoms with Crippen LogP contribution in [-0.2, 0) is 6.54 Å². The van der Waals surface area contributed by atoms with Gasteiger partial charge >= 0.3 is 0 Å². The van der Waals surface area contributed by atoms with Crippen LogP contribution in [0.1, 0.15) is 43.7 Å². The van der Waals surface area contributed by atoms with Gasteiger partial charge in [0.05, 0.1) is 6.67 Å². The van der Waals surface area contributed by atoms with Gasteiger partial charge < -0.3 is 9.80 Å². The van der Waals surface area contributed by atoms with Crippen molar-refractivity contribution in [1.82, 2.24) is 9.80 Å². The predicted octanol–water partition coefficient (Wildman–Crippen LogP) is 4.88. The average molecular weight is 307 g/mol. The molecule has 1 aromatic carbocycles. The minimum Gasteiger partial charge on any atom is -0.359 e. The number of hydrogen-bond donors (Lipinski definition) is 0. The van der Waals surface area contributed by atoms with Crippen LogP contribution < -0.4 is 0 Å². The molecule has 0 amide bonds.